The second kappa shape index (κ2) is 7.12. The molecular weight excluding hydrogens is 262 g/mol. The molecule has 0 aromatic heterocycles. The molecule has 2 N–H and O–H groups in total. The number of carbonyl (C=O) groups is 1. The van der Waals surface area contributed by atoms with Gasteiger partial charge in [0.25, 0.3) is 0 Å². The predicted molar refractivity (Wildman–Crippen MR) is 71.5 cm³/mol. The number of fused-ring (bicyclic) bond motifs is 1. The van der Waals surface area contributed by atoms with E-state index in [1.165, 1.54) is 0 Å². The van der Waals surface area contributed by atoms with Crippen LogP contribution in [0.4, 0.5) is 0 Å². The molecule has 1 aliphatic rings. The highest BCUT2D eigenvalue weighted by molar-refractivity contribution is 5.69. The highest BCUT2D eigenvalue weighted by Crippen LogP contribution is 2.35. The fourth-order valence-electron chi connectivity index (χ4n) is 1.99. The van der Waals surface area contributed by atoms with E-state index < -0.39 is 6.10 Å². The van der Waals surface area contributed by atoms with Gasteiger partial charge in [0.1, 0.15) is 0 Å². The summed E-state index contributed by atoms with van der Waals surface area (Å²) in [6, 6.07) is 5.67. The van der Waals surface area contributed by atoms with Crippen molar-refractivity contribution in [2.75, 3.05) is 19.9 Å². The van der Waals surface area contributed by atoms with Gasteiger partial charge < -0.3 is 24.6 Å². The molecule has 6 heteroatoms. The molecule has 0 bridgehead atoms. The van der Waals surface area contributed by atoms with Crippen molar-refractivity contribution >= 4 is 5.97 Å². The number of nitrogens with one attached hydrogen (secondary N) is 1. The summed E-state index contributed by atoms with van der Waals surface area (Å²) in [5.74, 6) is 1.08. The second-order valence-electron chi connectivity index (χ2n) is 4.44. The first-order chi connectivity index (χ1) is 9.70. The molecule has 2 rings (SSSR count). The third kappa shape index (κ3) is 3.85. The number of ether oxygens (including phenoxy) is 3. The van der Waals surface area contributed by atoms with E-state index >= 15 is 0 Å². The van der Waals surface area contributed by atoms with Gasteiger partial charge in [-0.1, -0.05) is 12.1 Å². The summed E-state index contributed by atoms with van der Waals surface area (Å²) >= 11 is 0. The Morgan fingerprint density at radius 1 is 1.50 bits per heavy atom. The maximum atomic E-state index is 11.2. The number of aliphatic hydroxyl groups is 1. The summed E-state index contributed by atoms with van der Waals surface area (Å²) in [6.07, 6.45) is -0.768. The van der Waals surface area contributed by atoms with Crippen molar-refractivity contribution in [3.05, 3.63) is 23.8 Å². The molecule has 0 radical (unpaired) electrons. The maximum absolute atomic E-state index is 11.2. The smallest absolute Gasteiger partial charge is 0.308 e. The summed E-state index contributed by atoms with van der Waals surface area (Å²) in [7, 11) is 0. The molecule has 110 valence electrons. The summed E-state index contributed by atoms with van der Waals surface area (Å²) < 4.78 is 15.4. The van der Waals surface area contributed by atoms with Gasteiger partial charge in [0.05, 0.1) is 19.1 Å². The first kappa shape index (κ1) is 14.6. The van der Waals surface area contributed by atoms with Crippen LogP contribution >= 0.6 is 0 Å². The van der Waals surface area contributed by atoms with Gasteiger partial charge in [-0.3, -0.25) is 4.79 Å². The lowest BCUT2D eigenvalue weighted by atomic mass is 10.2. The molecule has 0 amide bonds. The number of hydrogen-bond acceptors (Lipinski definition) is 6. The van der Waals surface area contributed by atoms with E-state index in [0.717, 1.165) is 17.1 Å². The van der Waals surface area contributed by atoms with Crippen LogP contribution in [0.2, 0.25) is 0 Å². The fourth-order valence-corrected chi connectivity index (χ4v) is 1.99. The Hall–Kier alpha value is -1.79. The van der Waals surface area contributed by atoms with E-state index in [1.54, 1.807) is 6.92 Å². The average Bonchev–Trinajstić information content (AvgIpc) is 2.88. The van der Waals surface area contributed by atoms with Crippen LogP contribution in [0.25, 0.3) is 0 Å². The van der Waals surface area contributed by atoms with Crippen LogP contribution in [0.15, 0.2) is 18.2 Å². The molecule has 0 aliphatic carbocycles. The molecule has 20 heavy (non-hydrogen) atoms. The minimum absolute atomic E-state index is 0.00660. The van der Waals surface area contributed by atoms with E-state index in [-0.39, 0.29) is 19.2 Å². The van der Waals surface area contributed by atoms with Crippen LogP contribution in [0, 0.1) is 0 Å². The number of rotatable bonds is 7. The monoisotopic (exact) mass is 281 g/mol. The number of hydrogen-bond donors (Lipinski definition) is 2. The molecule has 6 nitrogen and oxygen atoms in total. The van der Waals surface area contributed by atoms with Crippen molar-refractivity contribution < 1.29 is 24.1 Å². The summed E-state index contributed by atoms with van der Waals surface area (Å²) in [6.45, 7) is 3.14. The Morgan fingerprint density at radius 3 is 3.15 bits per heavy atom. The van der Waals surface area contributed by atoms with E-state index in [1.807, 2.05) is 18.2 Å². The van der Waals surface area contributed by atoms with E-state index in [0.29, 0.717) is 19.7 Å². The normalized spacial score (nSPS) is 14.1. The largest absolute Gasteiger partial charge is 0.466 e. The molecule has 1 unspecified atom stereocenters. The van der Waals surface area contributed by atoms with Crippen molar-refractivity contribution in [3.63, 3.8) is 0 Å². The number of benzene rings is 1. The van der Waals surface area contributed by atoms with E-state index in [9.17, 15) is 9.90 Å². The molecular formula is C14H19NO5. The van der Waals surface area contributed by atoms with Crippen LogP contribution in [0.5, 0.6) is 11.5 Å². The quantitative estimate of drug-likeness (QED) is 0.721. The lowest BCUT2D eigenvalue weighted by Gasteiger charge is -2.12. The van der Waals surface area contributed by atoms with Crippen LogP contribution < -0.4 is 14.8 Å². The van der Waals surface area contributed by atoms with Gasteiger partial charge in [-0.2, -0.15) is 0 Å². The van der Waals surface area contributed by atoms with Crippen molar-refractivity contribution in [1.82, 2.24) is 5.32 Å². The van der Waals surface area contributed by atoms with Crippen LogP contribution in [0.3, 0.4) is 0 Å². The third-order valence-electron chi connectivity index (χ3n) is 2.88. The first-order valence-electron chi connectivity index (χ1n) is 6.62. The molecule has 1 heterocycles. The molecule has 1 aromatic rings. The van der Waals surface area contributed by atoms with Crippen molar-refractivity contribution in [3.8, 4) is 11.5 Å². The Kier molecular flexibility index (Phi) is 5.20. The van der Waals surface area contributed by atoms with Crippen molar-refractivity contribution in [2.24, 2.45) is 0 Å². The topological polar surface area (TPSA) is 77.0 Å². The zero-order valence-electron chi connectivity index (χ0n) is 11.4. The fraction of sp³-hybridized carbons (Fsp3) is 0.500. The number of para-hydroxylation sites is 1. The Labute approximate surface area is 117 Å². The zero-order chi connectivity index (χ0) is 14.4. The van der Waals surface area contributed by atoms with Gasteiger partial charge >= 0.3 is 5.97 Å². The highest BCUT2D eigenvalue weighted by atomic mass is 16.7. The summed E-state index contributed by atoms with van der Waals surface area (Å²) in [5.41, 5.74) is 0.961. The zero-order valence-corrected chi connectivity index (χ0v) is 11.4. The lowest BCUT2D eigenvalue weighted by molar-refractivity contribution is -0.145. The first-order valence-corrected chi connectivity index (χ1v) is 6.62. The molecule has 1 atom stereocenters. The van der Waals surface area contributed by atoms with Crippen LogP contribution in [-0.4, -0.2) is 37.1 Å². The van der Waals surface area contributed by atoms with Gasteiger partial charge in [0.15, 0.2) is 11.5 Å². The Balaban J connectivity index is 1.76. The van der Waals surface area contributed by atoms with Gasteiger partial charge in [0.2, 0.25) is 6.79 Å². The standard InChI is InChI=1S/C14H19NO5/c1-2-18-13(17)6-11(16)8-15-7-10-4-3-5-12-14(10)20-9-19-12/h3-5,11,15-16H,2,6-9H2,1H3. The molecule has 0 saturated carbocycles. The maximum Gasteiger partial charge on any atom is 0.308 e. The summed E-state index contributed by atoms with van der Waals surface area (Å²) in [5, 5.41) is 12.8. The second-order valence-corrected chi connectivity index (χ2v) is 4.44. The molecule has 0 saturated heterocycles. The Morgan fingerprint density at radius 2 is 2.35 bits per heavy atom. The minimum Gasteiger partial charge on any atom is -0.466 e. The van der Waals surface area contributed by atoms with E-state index in [4.69, 9.17) is 14.2 Å². The van der Waals surface area contributed by atoms with Gasteiger partial charge in [0, 0.05) is 18.7 Å². The molecule has 1 aliphatic heterocycles. The molecule has 0 spiro atoms. The van der Waals surface area contributed by atoms with Crippen molar-refractivity contribution in [2.45, 2.75) is 26.0 Å². The average molecular weight is 281 g/mol. The number of carbonyl (C=O) groups excluding carboxylic acids is 1. The highest BCUT2D eigenvalue weighted by Gasteiger charge is 2.17. The summed E-state index contributed by atoms with van der Waals surface area (Å²) in [4.78, 5) is 11.2. The minimum atomic E-state index is -0.761. The molecule has 0 fully saturated rings. The Bertz CT molecular complexity index is 463. The van der Waals surface area contributed by atoms with Gasteiger partial charge in [-0.15, -0.1) is 0 Å². The third-order valence-corrected chi connectivity index (χ3v) is 2.88. The predicted octanol–water partition coefficient (Wildman–Crippen LogP) is 0.819. The van der Waals surface area contributed by atoms with Crippen LogP contribution in [0.1, 0.15) is 18.9 Å². The van der Waals surface area contributed by atoms with Crippen molar-refractivity contribution in [1.29, 1.82) is 0 Å². The SMILES string of the molecule is CCOC(=O)CC(O)CNCc1cccc2c1OCO2. The number of esters is 1. The van der Waals surface area contributed by atoms with Gasteiger partial charge in [-0.05, 0) is 13.0 Å². The van der Waals surface area contributed by atoms with Gasteiger partial charge in [-0.25, -0.2) is 0 Å². The lowest BCUT2D eigenvalue weighted by Crippen LogP contribution is -2.29. The van der Waals surface area contributed by atoms with Crippen LogP contribution in [-0.2, 0) is 16.1 Å². The molecule has 1 aromatic carbocycles. The van der Waals surface area contributed by atoms with E-state index in [2.05, 4.69) is 5.32 Å². The number of aliphatic hydroxyl groups excluding tert-OH is 1.